The maximum Gasteiger partial charge on any atom is 0.281 e. The predicted octanol–water partition coefficient (Wildman–Crippen LogP) is 3.58. The van der Waals surface area contributed by atoms with Gasteiger partial charge in [-0.25, -0.2) is 0 Å². The number of hydrogen-bond acceptors (Lipinski definition) is 3. The van der Waals surface area contributed by atoms with Crippen LogP contribution < -0.4 is 15.0 Å². The van der Waals surface area contributed by atoms with Crippen LogP contribution in [0.5, 0.6) is 5.75 Å². The molecule has 2 aromatic rings. The van der Waals surface area contributed by atoms with Crippen molar-refractivity contribution in [2.75, 3.05) is 11.5 Å². The van der Waals surface area contributed by atoms with Gasteiger partial charge in [-0.05, 0) is 61.5 Å². The van der Waals surface area contributed by atoms with Gasteiger partial charge >= 0.3 is 0 Å². The highest BCUT2D eigenvalue weighted by Crippen LogP contribution is 2.27. The summed E-state index contributed by atoms with van der Waals surface area (Å²) < 4.78 is 5.54. The highest BCUT2D eigenvalue weighted by molar-refractivity contribution is 7.80. The summed E-state index contributed by atoms with van der Waals surface area (Å²) >= 11 is 5.38. The molecule has 1 aliphatic rings. The molecule has 0 bridgehead atoms. The second kappa shape index (κ2) is 7.42. The number of carbonyl (C=O) groups excluding carboxylic acids is 1. The molecule has 0 unspecified atom stereocenters. The second-order valence-corrected chi connectivity index (χ2v) is 6.39. The van der Waals surface area contributed by atoms with E-state index in [-0.39, 0.29) is 12.5 Å². The molecule has 1 heterocycles. The Morgan fingerprint density at radius 1 is 1.23 bits per heavy atom. The van der Waals surface area contributed by atoms with Crippen molar-refractivity contribution in [2.24, 2.45) is 0 Å². The summed E-state index contributed by atoms with van der Waals surface area (Å²) in [7, 11) is 0. The van der Waals surface area contributed by atoms with Gasteiger partial charge < -0.3 is 10.1 Å². The Morgan fingerprint density at radius 2 is 1.92 bits per heavy atom. The van der Waals surface area contributed by atoms with Gasteiger partial charge in [0.05, 0.1) is 5.69 Å². The van der Waals surface area contributed by atoms with E-state index in [4.69, 9.17) is 23.4 Å². The molecule has 1 amide bonds. The van der Waals surface area contributed by atoms with E-state index in [2.05, 4.69) is 17.3 Å². The first-order chi connectivity index (χ1) is 12.5. The minimum absolute atomic E-state index is 0.161. The fourth-order valence-corrected chi connectivity index (χ4v) is 3.15. The zero-order chi connectivity index (χ0) is 18.7. The number of rotatable bonds is 4. The molecule has 130 valence electrons. The van der Waals surface area contributed by atoms with E-state index in [0.29, 0.717) is 16.6 Å². The number of nitrogens with one attached hydrogen (secondary N) is 1. The number of nitrogens with zero attached hydrogens (tertiary/aromatic N) is 1. The molecular formula is C21H18N2O2S. The topological polar surface area (TPSA) is 41.6 Å². The number of carbonyl (C=O) groups is 1. The van der Waals surface area contributed by atoms with E-state index in [1.165, 1.54) is 4.90 Å². The normalized spacial score (nSPS) is 15.1. The van der Waals surface area contributed by atoms with Gasteiger partial charge in [-0.1, -0.05) is 30.2 Å². The molecule has 1 fully saturated rings. The monoisotopic (exact) mass is 362 g/mol. The van der Waals surface area contributed by atoms with Crippen molar-refractivity contribution < 1.29 is 9.53 Å². The third kappa shape index (κ3) is 3.61. The highest BCUT2D eigenvalue weighted by Gasteiger charge is 2.32. The molecule has 1 saturated heterocycles. The molecule has 26 heavy (non-hydrogen) atoms. The molecule has 0 radical (unpaired) electrons. The Labute approximate surface area is 158 Å². The minimum atomic E-state index is -0.202. The Kier molecular flexibility index (Phi) is 5.06. The lowest BCUT2D eigenvalue weighted by Gasteiger charge is -2.15. The standard InChI is InChI=1S/C21H18N2O2S/c1-4-9-25-19-8-6-5-7-16(19)13-18-20(24)23(21(26)22-18)17-11-14(2)10-15(3)12-17/h1,5-8,10-13H,9H2,2-3H3,(H,22,26)/b18-13+. The number of anilines is 1. The third-order valence-corrected chi connectivity index (χ3v) is 4.16. The van der Waals surface area contributed by atoms with Crippen LogP contribution in [0.15, 0.2) is 48.2 Å². The fraction of sp³-hybridized carbons (Fsp3) is 0.143. The fourth-order valence-electron chi connectivity index (χ4n) is 2.86. The van der Waals surface area contributed by atoms with Gasteiger partial charge in [0.15, 0.2) is 5.11 Å². The average Bonchev–Trinajstić information content (AvgIpc) is 2.87. The number of amides is 1. The van der Waals surface area contributed by atoms with Gasteiger partial charge in [0.25, 0.3) is 5.91 Å². The number of benzene rings is 2. The molecule has 2 aromatic carbocycles. The van der Waals surface area contributed by atoms with E-state index in [1.807, 2.05) is 50.2 Å². The van der Waals surface area contributed by atoms with Gasteiger partial charge in [0, 0.05) is 5.56 Å². The Morgan fingerprint density at radius 3 is 2.62 bits per heavy atom. The molecule has 4 nitrogen and oxygen atoms in total. The van der Waals surface area contributed by atoms with Crippen LogP contribution in [0.2, 0.25) is 0 Å². The molecule has 1 N–H and O–H groups in total. The zero-order valence-electron chi connectivity index (χ0n) is 14.6. The van der Waals surface area contributed by atoms with E-state index in [0.717, 1.165) is 22.4 Å². The molecular weight excluding hydrogens is 344 g/mol. The van der Waals surface area contributed by atoms with Crippen molar-refractivity contribution in [3.63, 3.8) is 0 Å². The van der Waals surface area contributed by atoms with Crippen molar-refractivity contribution in [1.82, 2.24) is 5.32 Å². The van der Waals surface area contributed by atoms with Gasteiger partial charge in [-0.2, -0.15) is 0 Å². The zero-order valence-corrected chi connectivity index (χ0v) is 15.4. The van der Waals surface area contributed by atoms with Crippen LogP contribution in [0, 0.1) is 26.2 Å². The van der Waals surface area contributed by atoms with Gasteiger partial charge in [0.1, 0.15) is 18.1 Å². The predicted molar refractivity (Wildman–Crippen MR) is 108 cm³/mol. The number of thiocarbonyl (C=S) groups is 1. The van der Waals surface area contributed by atoms with E-state index in [9.17, 15) is 4.79 Å². The Balaban J connectivity index is 1.94. The SMILES string of the molecule is C#CCOc1ccccc1/C=C1/NC(=S)N(c2cc(C)cc(C)c2)C1=O. The second-order valence-electron chi connectivity index (χ2n) is 6.01. The summed E-state index contributed by atoms with van der Waals surface area (Å²) in [6.45, 7) is 4.14. The van der Waals surface area contributed by atoms with Crippen LogP contribution in [-0.4, -0.2) is 17.6 Å². The van der Waals surface area contributed by atoms with Gasteiger partial charge in [-0.3, -0.25) is 9.69 Å². The maximum absolute atomic E-state index is 12.9. The maximum atomic E-state index is 12.9. The first-order valence-electron chi connectivity index (χ1n) is 8.10. The molecule has 3 rings (SSSR count). The van der Waals surface area contributed by atoms with Crippen LogP contribution in [-0.2, 0) is 4.79 Å². The first kappa shape index (κ1) is 17.7. The summed E-state index contributed by atoms with van der Waals surface area (Å²) in [6, 6.07) is 13.3. The van der Waals surface area contributed by atoms with Crippen molar-refractivity contribution in [3.8, 4) is 18.1 Å². The molecule has 5 heteroatoms. The first-order valence-corrected chi connectivity index (χ1v) is 8.51. The Bertz CT molecular complexity index is 936. The van der Waals surface area contributed by atoms with Crippen molar-refractivity contribution in [1.29, 1.82) is 0 Å². The molecule has 0 atom stereocenters. The van der Waals surface area contributed by atoms with Gasteiger partial charge in [-0.15, -0.1) is 6.42 Å². The van der Waals surface area contributed by atoms with Crippen molar-refractivity contribution in [3.05, 3.63) is 64.9 Å². The molecule has 0 spiro atoms. The molecule has 0 saturated carbocycles. The molecule has 1 aliphatic heterocycles. The smallest absolute Gasteiger partial charge is 0.281 e. The lowest BCUT2D eigenvalue weighted by atomic mass is 10.1. The number of aryl methyl sites for hydroxylation is 2. The van der Waals surface area contributed by atoms with Gasteiger partial charge in [0.2, 0.25) is 0 Å². The number of ether oxygens (including phenoxy) is 1. The summed E-state index contributed by atoms with van der Waals surface area (Å²) in [5, 5.41) is 3.35. The quantitative estimate of drug-likeness (QED) is 0.513. The summed E-state index contributed by atoms with van der Waals surface area (Å²) in [4.78, 5) is 14.4. The van der Waals surface area contributed by atoms with E-state index in [1.54, 1.807) is 6.08 Å². The third-order valence-electron chi connectivity index (χ3n) is 3.87. The minimum Gasteiger partial charge on any atom is -0.480 e. The summed E-state index contributed by atoms with van der Waals surface area (Å²) in [5.41, 5.74) is 4.04. The van der Waals surface area contributed by atoms with Crippen LogP contribution >= 0.6 is 12.2 Å². The van der Waals surface area contributed by atoms with Crippen LogP contribution in [0.3, 0.4) is 0 Å². The number of para-hydroxylation sites is 1. The van der Waals surface area contributed by atoms with Crippen LogP contribution in [0.1, 0.15) is 16.7 Å². The number of hydrogen-bond donors (Lipinski definition) is 1. The van der Waals surface area contributed by atoms with Crippen molar-refractivity contribution in [2.45, 2.75) is 13.8 Å². The summed E-state index contributed by atoms with van der Waals surface area (Å²) in [6.07, 6.45) is 6.98. The summed E-state index contributed by atoms with van der Waals surface area (Å²) in [5.74, 6) is 2.85. The molecule has 0 aromatic heterocycles. The number of terminal acetylenes is 1. The lowest BCUT2D eigenvalue weighted by molar-refractivity contribution is -0.113. The highest BCUT2D eigenvalue weighted by atomic mass is 32.1. The average molecular weight is 362 g/mol. The van der Waals surface area contributed by atoms with Crippen LogP contribution in [0.4, 0.5) is 5.69 Å². The largest absolute Gasteiger partial charge is 0.480 e. The van der Waals surface area contributed by atoms with Crippen molar-refractivity contribution >= 4 is 35.0 Å². The lowest BCUT2D eigenvalue weighted by Crippen LogP contribution is -2.30. The molecule has 0 aliphatic carbocycles. The Hall–Kier alpha value is -3.10. The van der Waals surface area contributed by atoms with Crippen LogP contribution in [0.25, 0.3) is 6.08 Å². The van der Waals surface area contributed by atoms with E-state index >= 15 is 0 Å². The van der Waals surface area contributed by atoms with E-state index < -0.39 is 0 Å².